The molecule has 1 N–H and O–H groups in total. The quantitative estimate of drug-likeness (QED) is 0.765. The molecule has 0 atom stereocenters. The van der Waals surface area contributed by atoms with Gasteiger partial charge in [-0.3, -0.25) is 10.1 Å². The van der Waals surface area contributed by atoms with E-state index in [-0.39, 0.29) is 5.91 Å². The molecule has 1 aromatic carbocycles. The summed E-state index contributed by atoms with van der Waals surface area (Å²) in [5.41, 5.74) is 0.422. The van der Waals surface area contributed by atoms with Gasteiger partial charge in [0, 0.05) is 10.4 Å². The fourth-order valence-corrected chi connectivity index (χ4v) is 4.11. The summed E-state index contributed by atoms with van der Waals surface area (Å²) in [6.07, 6.45) is 6.14. The van der Waals surface area contributed by atoms with Crippen LogP contribution in [0.15, 0.2) is 22.7 Å². The van der Waals surface area contributed by atoms with E-state index in [1.54, 1.807) is 18.2 Å². The Kier molecular flexibility index (Phi) is 5.10. The standard InChI is InChI=1S/C15H15BrClN3OS/c16-10-6-7-12(17)11(8-10)13(21)18-15-20-19-14(22-15)9-4-2-1-3-5-9/h6-9H,1-5H2,(H,18,20,21). The first kappa shape index (κ1) is 15.9. The molecule has 1 aromatic heterocycles. The third kappa shape index (κ3) is 3.67. The van der Waals surface area contributed by atoms with Gasteiger partial charge in [0.25, 0.3) is 5.91 Å². The van der Waals surface area contributed by atoms with Crippen LogP contribution in [0.3, 0.4) is 0 Å². The van der Waals surface area contributed by atoms with Crippen molar-refractivity contribution in [2.75, 3.05) is 5.32 Å². The van der Waals surface area contributed by atoms with Crippen molar-refractivity contribution in [3.8, 4) is 0 Å². The predicted molar refractivity (Wildman–Crippen MR) is 92.8 cm³/mol. The molecule has 2 aromatic rings. The van der Waals surface area contributed by atoms with Crippen molar-refractivity contribution in [1.29, 1.82) is 0 Å². The molecule has 0 unspecified atom stereocenters. The van der Waals surface area contributed by atoms with Crippen molar-refractivity contribution >= 4 is 49.9 Å². The highest BCUT2D eigenvalue weighted by atomic mass is 79.9. The van der Waals surface area contributed by atoms with Crippen LogP contribution in [0.5, 0.6) is 0 Å². The molecule has 1 fully saturated rings. The van der Waals surface area contributed by atoms with E-state index < -0.39 is 0 Å². The van der Waals surface area contributed by atoms with Gasteiger partial charge in [0.2, 0.25) is 5.13 Å². The van der Waals surface area contributed by atoms with Gasteiger partial charge in [0.05, 0.1) is 10.6 Å². The highest BCUT2D eigenvalue weighted by molar-refractivity contribution is 9.10. The number of carbonyl (C=O) groups is 1. The molecule has 22 heavy (non-hydrogen) atoms. The van der Waals surface area contributed by atoms with Crippen molar-refractivity contribution in [2.45, 2.75) is 38.0 Å². The molecule has 0 radical (unpaired) electrons. The van der Waals surface area contributed by atoms with Crippen LogP contribution < -0.4 is 5.32 Å². The Morgan fingerprint density at radius 1 is 1.27 bits per heavy atom. The molecular weight excluding hydrogens is 386 g/mol. The van der Waals surface area contributed by atoms with Gasteiger partial charge < -0.3 is 0 Å². The van der Waals surface area contributed by atoms with Crippen LogP contribution in [0.2, 0.25) is 5.02 Å². The normalized spacial score (nSPS) is 15.7. The Balaban J connectivity index is 1.71. The Hall–Kier alpha value is -0.980. The topological polar surface area (TPSA) is 54.9 Å². The first-order valence-electron chi connectivity index (χ1n) is 7.23. The Morgan fingerprint density at radius 2 is 2.05 bits per heavy atom. The first-order chi connectivity index (χ1) is 10.6. The average Bonchev–Trinajstić information content (AvgIpc) is 2.99. The summed E-state index contributed by atoms with van der Waals surface area (Å²) >= 11 is 10.9. The largest absolute Gasteiger partial charge is 0.296 e. The SMILES string of the molecule is O=C(Nc1nnc(C2CCCCC2)s1)c1cc(Br)ccc1Cl. The van der Waals surface area contributed by atoms with Gasteiger partial charge in [-0.05, 0) is 31.0 Å². The average molecular weight is 401 g/mol. The number of amides is 1. The van der Waals surface area contributed by atoms with E-state index in [1.807, 2.05) is 0 Å². The molecule has 1 aliphatic carbocycles. The summed E-state index contributed by atoms with van der Waals surface area (Å²) in [6.45, 7) is 0. The number of halogens is 2. The molecule has 0 aliphatic heterocycles. The molecule has 0 saturated heterocycles. The third-order valence-corrected chi connectivity index (χ3v) is 5.61. The third-order valence-electron chi connectivity index (χ3n) is 3.79. The van der Waals surface area contributed by atoms with Crippen LogP contribution in [0.1, 0.15) is 53.4 Å². The van der Waals surface area contributed by atoms with Gasteiger partial charge in [-0.25, -0.2) is 0 Å². The second kappa shape index (κ2) is 7.06. The highest BCUT2D eigenvalue weighted by Crippen LogP contribution is 2.35. The molecule has 116 valence electrons. The summed E-state index contributed by atoms with van der Waals surface area (Å²) in [6, 6.07) is 5.18. The van der Waals surface area contributed by atoms with Crippen LogP contribution in [0.4, 0.5) is 5.13 Å². The molecule has 1 saturated carbocycles. The summed E-state index contributed by atoms with van der Waals surface area (Å²) in [7, 11) is 0. The van der Waals surface area contributed by atoms with Crippen molar-refractivity contribution in [3.63, 3.8) is 0 Å². The van der Waals surface area contributed by atoms with Crippen LogP contribution in [-0.4, -0.2) is 16.1 Å². The smallest absolute Gasteiger partial charge is 0.259 e. The Labute approximate surface area is 146 Å². The molecule has 0 spiro atoms. The lowest BCUT2D eigenvalue weighted by Gasteiger charge is -2.18. The number of aromatic nitrogens is 2. The van der Waals surface area contributed by atoms with Gasteiger partial charge in [-0.1, -0.05) is 58.1 Å². The highest BCUT2D eigenvalue weighted by Gasteiger charge is 2.20. The number of anilines is 1. The molecule has 0 bridgehead atoms. The maximum atomic E-state index is 12.3. The fourth-order valence-electron chi connectivity index (χ4n) is 2.64. The van der Waals surface area contributed by atoms with Crippen LogP contribution in [0, 0.1) is 0 Å². The lowest BCUT2D eigenvalue weighted by molar-refractivity contribution is 0.102. The van der Waals surface area contributed by atoms with Crippen LogP contribution in [0.25, 0.3) is 0 Å². The molecule has 1 amide bonds. The lowest BCUT2D eigenvalue weighted by atomic mass is 9.90. The summed E-state index contributed by atoms with van der Waals surface area (Å²) in [4.78, 5) is 12.3. The summed E-state index contributed by atoms with van der Waals surface area (Å²) < 4.78 is 0.808. The Bertz CT molecular complexity index is 685. The van der Waals surface area contributed by atoms with Gasteiger partial charge in [0.1, 0.15) is 5.01 Å². The lowest BCUT2D eigenvalue weighted by Crippen LogP contribution is -2.12. The minimum atomic E-state index is -0.266. The number of carbonyl (C=O) groups excluding carboxylic acids is 1. The molecule has 7 heteroatoms. The van der Waals surface area contributed by atoms with E-state index in [2.05, 4.69) is 31.4 Å². The number of nitrogens with zero attached hydrogens (tertiary/aromatic N) is 2. The van der Waals surface area contributed by atoms with Crippen molar-refractivity contribution in [2.24, 2.45) is 0 Å². The predicted octanol–water partition coefficient (Wildman–Crippen LogP) is 5.25. The van der Waals surface area contributed by atoms with E-state index in [0.29, 0.717) is 21.6 Å². The number of benzene rings is 1. The van der Waals surface area contributed by atoms with Crippen molar-refractivity contribution in [1.82, 2.24) is 10.2 Å². The summed E-state index contributed by atoms with van der Waals surface area (Å²) in [5, 5.41) is 13.1. The minimum Gasteiger partial charge on any atom is -0.296 e. The number of hydrogen-bond donors (Lipinski definition) is 1. The van der Waals surface area contributed by atoms with E-state index in [4.69, 9.17) is 11.6 Å². The van der Waals surface area contributed by atoms with Gasteiger partial charge in [-0.2, -0.15) is 0 Å². The van der Waals surface area contributed by atoms with Crippen molar-refractivity contribution in [3.05, 3.63) is 38.3 Å². The van der Waals surface area contributed by atoms with E-state index in [0.717, 1.165) is 9.48 Å². The maximum Gasteiger partial charge on any atom is 0.259 e. The second-order valence-corrected chi connectivity index (χ2v) is 7.69. The minimum absolute atomic E-state index is 0.266. The zero-order valence-electron chi connectivity index (χ0n) is 11.8. The molecule has 4 nitrogen and oxygen atoms in total. The molecule has 3 rings (SSSR count). The van der Waals surface area contributed by atoms with Crippen molar-refractivity contribution < 1.29 is 4.79 Å². The van der Waals surface area contributed by atoms with Gasteiger partial charge in [0.15, 0.2) is 0 Å². The van der Waals surface area contributed by atoms with Gasteiger partial charge >= 0.3 is 0 Å². The van der Waals surface area contributed by atoms with E-state index in [9.17, 15) is 4.79 Å². The van der Waals surface area contributed by atoms with Crippen LogP contribution >= 0.6 is 38.9 Å². The second-order valence-electron chi connectivity index (χ2n) is 5.36. The van der Waals surface area contributed by atoms with E-state index >= 15 is 0 Å². The van der Waals surface area contributed by atoms with Gasteiger partial charge in [-0.15, -0.1) is 10.2 Å². The molecular formula is C15H15BrClN3OS. The van der Waals surface area contributed by atoms with E-state index in [1.165, 1.54) is 43.4 Å². The number of hydrogen-bond acceptors (Lipinski definition) is 4. The first-order valence-corrected chi connectivity index (χ1v) is 9.22. The zero-order valence-corrected chi connectivity index (χ0v) is 15.0. The Morgan fingerprint density at radius 3 is 2.82 bits per heavy atom. The number of nitrogens with one attached hydrogen (secondary N) is 1. The van der Waals surface area contributed by atoms with Crippen LogP contribution in [-0.2, 0) is 0 Å². The molecule has 1 heterocycles. The monoisotopic (exact) mass is 399 g/mol. The zero-order chi connectivity index (χ0) is 15.5. The fraction of sp³-hybridized carbons (Fsp3) is 0.400. The molecule has 1 aliphatic rings. The number of rotatable bonds is 3. The summed E-state index contributed by atoms with van der Waals surface area (Å²) in [5.74, 6) is 0.226. The maximum absolute atomic E-state index is 12.3.